The summed E-state index contributed by atoms with van der Waals surface area (Å²) in [5.74, 6) is 1.77. The minimum Gasteiger partial charge on any atom is -0.356 e. The number of carbonyl (C=O) groups is 1. The molecule has 1 amide bonds. The van der Waals surface area contributed by atoms with Gasteiger partial charge in [-0.3, -0.25) is 4.79 Å². The molecule has 0 radical (unpaired) electrons. The van der Waals surface area contributed by atoms with Crippen molar-refractivity contribution in [2.24, 2.45) is 28.9 Å². The van der Waals surface area contributed by atoms with Gasteiger partial charge < -0.3 is 11.1 Å². The Balaban J connectivity index is 1.73. The summed E-state index contributed by atoms with van der Waals surface area (Å²) >= 11 is 0. The smallest absolute Gasteiger partial charge is 0.223 e. The number of hydrogen-bond acceptors (Lipinski definition) is 2. The first-order valence-corrected chi connectivity index (χ1v) is 6.52. The summed E-state index contributed by atoms with van der Waals surface area (Å²) in [7, 11) is 0. The molecule has 0 aromatic carbocycles. The van der Waals surface area contributed by atoms with E-state index in [0.29, 0.717) is 11.8 Å². The lowest BCUT2D eigenvalue weighted by atomic mass is 9.96. The van der Waals surface area contributed by atoms with Crippen LogP contribution in [0.5, 0.6) is 0 Å². The van der Waals surface area contributed by atoms with Crippen molar-refractivity contribution in [3.05, 3.63) is 0 Å². The Morgan fingerprint density at radius 1 is 1.38 bits per heavy atom. The minimum atomic E-state index is 0.243. The Morgan fingerprint density at radius 2 is 2.00 bits per heavy atom. The maximum Gasteiger partial charge on any atom is 0.223 e. The molecule has 92 valence electrons. The zero-order chi connectivity index (χ0) is 11.8. The molecule has 0 aromatic rings. The van der Waals surface area contributed by atoms with E-state index in [1.807, 2.05) is 0 Å². The summed E-state index contributed by atoms with van der Waals surface area (Å²) in [5.41, 5.74) is 5.98. The van der Waals surface area contributed by atoms with Crippen LogP contribution < -0.4 is 11.1 Å². The van der Waals surface area contributed by atoms with Crippen LogP contribution in [0.2, 0.25) is 0 Å². The molecule has 2 fully saturated rings. The number of nitrogens with two attached hydrogens (primary N) is 1. The summed E-state index contributed by atoms with van der Waals surface area (Å²) in [6.45, 7) is 5.94. The first kappa shape index (κ1) is 11.9. The fourth-order valence-corrected chi connectivity index (χ4v) is 2.96. The molecule has 0 bridgehead atoms. The van der Waals surface area contributed by atoms with Gasteiger partial charge in [0.05, 0.1) is 0 Å². The molecule has 0 spiro atoms. The first-order chi connectivity index (χ1) is 7.54. The highest BCUT2D eigenvalue weighted by Gasteiger charge is 2.50. The maximum atomic E-state index is 11.8. The Bertz CT molecular complexity index is 275. The van der Waals surface area contributed by atoms with Gasteiger partial charge in [-0.2, -0.15) is 0 Å². The van der Waals surface area contributed by atoms with Crippen molar-refractivity contribution in [3.63, 3.8) is 0 Å². The van der Waals surface area contributed by atoms with Gasteiger partial charge in [-0.15, -0.1) is 0 Å². The molecule has 0 saturated heterocycles. The summed E-state index contributed by atoms with van der Waals surface area (Å²) in [6, 6.07) is 0. The van der Waals surface area contributed by atoms with Crippen molar-refractivity contribution in [1.29, 1.82) is 0 Å². The maximum absolute atomic E-state index is 11.8. The molecular weight excluding hydrogens is 200 g/mol. The van der Waals surface area contributed by atoms with E-state index in [1.54, 1.807) is 0 Å². The third-order valence-electron chi connectivity index (χ3n) is 4.49. The molecule has 3 heteroatoms. The zero-order valence-corrected chi connectivity index (χ0v) is 10.5. The normalized spacial score (nSPS) is 36.1. The van der Waals surface area contributed by atoms with Crippen LogP contribution in [-0.4, -0.2) is 19.0 Å². The molecule has 0 aliphatic heterocycles. The van der Waals surface area contributed by atoms with Crippen LogP contribution in [0.15, 0.2) is 0 Å². The van der Waals surface area contributed by atoms with Crippen LogP contribution >= 0.6 is 0 Å². The van der Waals surface area contributed by atoms with E-state index in [0.717, 1.165) is 19.5 Å². The van der Waals surface area contributed by atoms with E-state index in [-0.39, 0.29) is 17.2 Å². The zero-order valence-electron chi connectivity index (χ0n) is 10.5. The van der Waals surface area contributed by atoms with E-state index in [4.69, 9.17) is 5.73 Å². The van der Waals surface area contributed by atoms with Gasteiger partial charge in [0.15, 0.2) is 0 Å². The second-order valence-electron chi connectivity index (χ2n) is 6.18. The molecule has 3 unspecified atom stereocenters. The van der Waals surface area contributed by atoms with Gasteiger partial charge >= 0.3 is 0 Å². The first-order valence-electron chi connectivity index (χ1n) is 6.52. The van der Waals surface area contributed by atoms with Gasteiger partial charge in [0.1, 0.15) is 0 Å². The summed E-state index contributed by atoms with van der Waals surface area (Å²) in [5, 5.41) is 3.11. The predicted octanol–water partition coefficient (Wildman–Crippen LogP) is 1.52. The highest BCUT2D eigenvalue weighted by molar-refractivity contribution is 5.82. The van der Waals surface area contributed by atoms with E-state index >= 15 is 0 Å². The fourth-order valence-electron chi connectivity index (χ4n) is 2.96. The van der Waals surface area contributed by atoms with Crippen molar-refractivity contribution in [2.45, 2.75) is 39.5 Å². The minimum absolute atomic E-state index is 0.243. The van der Waals surface area contributed by atoms with E-state index in [9.17, 15) is 4.79 Å². The van der Waals surface area contributed by atoms with Crippen molar-refractivity contribution >= 4 is 5.91 Å². The molecule has 2 aliphatic rings. The van der Waals surface area contributed by atoms with Crippen molar-refractivity contribution in [2.75, 3.05) is 13.1 Å². The van der Waals surface area contributed by atoms with E-state index in [2.05, 4.69) is 19.2 Å². The Labute approximate surface area is 98.2 Å². The Hall–Kier alpha value is -0.570. The highest BCUT2D eigenvalue weighted by atomic mass is 16.2. The van der Waals surface area contributed by atoms with Crippen molar-refractivity contribution < 1.29 is 4.79 Å². The molecule has 0 aromatic heterocycles. The van der Waals surface area contributed by atoms with Crippen LogP contribution in [0, 0.1) is 23.2 Å². The van der Waals surface area contributed by atoms with Gasteiger partial charge in [-0.25, -0.2) is 0 Å². The molecule has 2 saturated carbocycles. The monoisotopic (exact) mass is 224 g/mol. The molecule has 3 atom stereocenters. The summed E-state index contributed by atoms with van der Waals surface area (Å²) in [6.07, 6.45) is 4.79. The number of hydrogen-bond donors (Lipinski definition) is 2. The highest BCUT2D eigenvalue weighted by Crippen LogP contribution is 2.51. The lowest BCUT2D eigenvalue weighted by Crippen LogP contribution is -2.34. The number of carbonyl (C=O) groups excluding carboxylic acids is 1. The van der Waals surface area contributed by atoms with Crippen molar-refractivity contribution in [1.82, 2.24) is 5.32 Å². The second kappa shape index (κ2) is 4.36. The average Bonchev–Trinajstić information content (AvgIpc) is 2.71. The largest absolute Gasteiger partial charge is 0.356 e. The van der Waals surface area contributed by atoms with E-state index < -0.39 is 0 Å². The summed E-state index contributed by atoms with van der Waals surface area (Å²) in [4.78, 5) is 11.8. The lowest BCUT2D eigenvalue weighted by molar-refractivity contribution is -0.123. The molecule has 2 aliphatic carbocycles. The molecule has 3 nitrogen and oxygen atoms in total. The Kier molecular flexibility index (Phi) is 3.24. The van der Waals surface area contributed by atoms with Crippen LogP contribution in [0.25, 0.3) is 0 Å². The average molecular weight is 224 g/mol. The SMILES string of the molecule is CC1(C)CC1C(=O)NCC1CCCC1CN. The Morgan fingerprint density at radius 3 is 2.56 bits per heavy atom. The van der Waals surface area contributed by atoms with Gasteiger partial charge in [-0.1, -0.05) is 20.3 Å². The van der Waals surface area contributed by atoms with Crippen LogP contribution in [-0.2, 0) is 4.79 Å². The number of rotatable bonds is 4. The standard InChI is InChI=1S/C13H24N2O/c1-13(2)6-11(13)12(16)15-8-10-5-3-4-9(10)7-14/h9-11H,3-8,14H2,1-2H3,(H,15,16). The van der Waals surface area contributed by atoms with Gasteiger partial charge in [0.25, 0.3) is 0 Å². The van der Waals surface area contributed by atoms with E-state index in [1.165, 1.54) is 19.3 Å². The third-order valence-corrected chi connectivity index (χ3v) is 4.49. The van der Waals surface area contributed by atoms with Gasteiger partial charge in [-0.05, 0) is 43.1 Å². The predicted molar refractivity (Wildman–Crippen MR) is 64.8 cm³/mol. The van der Waals surface area contributed by atoms with Crippen LogP contribution in [0.4, 0.5) is 0 Å². The van der Waals surface area contributed by atoms with Crippen molar-refractivity contribution in [3.8, 4) is 0 Å². The van der Waals surface area contributed by atoms with Gasteiger partial charge in [0, 0.05) is 12.5 Å². The second-order valence-corrected chi connectivity index (χ2v) is 6.18. The lowest BCUT2D eigenvalue weighted by Gasteiger charge is -2.18. The van der Waals surface area contributed by atoms with Gasteiger partial charge in [0.2, 0.25) is 5.91 Å². The summed E-state index contributed by atoms with van der Waals surface area (Å²) < 4.78 is 0. The third kappa shape index (κ3) is 2.40. The fraction of sp³-hybridized carbons (Fsp3) is 0.923. The van der Waals surface area contributed by atoms with Crippen LogP contribution in [0.1, 0.15) is 39.5 Å². The molecular formula is C13H24N2O. The number of nitrogens with one attached hydrogen (secondary N) is 1. The molecule has 3 N–H and O–H groups in total. The quantitative estimate of drug-likeness (QED) is 0.761. The molecule has 16 heavy (non-hydrogen) atoms. The molecule has 2 rings (SSSR count). The molecule has 0 heterocycles. The number of amides is 1. The topological polar surface area (TPSA) is 55.1 Å². The van der Waals surface area contributed by atoms with Crippen LogP contribution in [0.3, 0.4) is 0 Å².